The highest BCUT2D eigenvalue weighted by Gasteiger charge is 2.29. The number of benzene rings is 2. The van der Waals surface area contributed by atoms with Gasteiger partial charge in [-0.15, -0.1) is 0 Å². The molecule has 150 valence electrons. The fourth-order valence-electron chi connectivity index (χ4n) is 3.71. The maximum Gasteiger partial charge on any atom is 0.278 e. The molecular formula is C22H28ClFN3O+. The van der Waals surface area contributed by atoms with E-state index in [1.165, 1.54) is 28.3 Å². The molecule has 6 heteroatoms. The van der Waals surface area contributed by atoms with Gasteiger partial charge in [0, 0.05) is 17.3 Å². The van der Waals surface area contributed by atoms with Crippen LogP contribution < -0.4 is 15.1 Å². The molecule has 2 N–H and O–H groups in total. The average molecular weight is 405 g/mol. The van der Waals surface area contributed by atoms with Gasteiger partial charge in [0.2, 0.25) is 0 Å². The summed E-state index contributed by atoms with van der Waals surface area (Å²) in [4.78, 5) is 16.2. The number of carbonyl (C=O) groups is 1. The lowest BCUT2D eigenvalue weighted by Gasteiger charge is -2.36. The van der Waals surface area contributed by atoms with Crippen molar-refractivity contribution in [2.45, 2.75) is 26.3 Å². The highest BCUT2D eigenvalue weighted by molar-refractivity contribution is 6.30. The van der Waals surface area contributed by atoms with E-state index in [0.717, 1.165) is 36.8 Å². The monoisotopic (exact) mass is 404 g/mol. The van der Waals surface area contributed by atoms with Crippen molar-refractivity contribution in [3.8, 4) is 0 Å². The lowest BCUT2D eigenvalue weighted by Crippen LogP contribution is -3.19. The number of piperazine rings is 1. The van der Waals surface area contributed by atoms with E-state index < -0.39 is 0 Å². The van der Waals surface area contributed by atoms with E-state index in [1.54, 1.807) is 12.1 Å². The molecule has 3 rings (SSSR count). The van der Waals surface area contributed by atoms with Crippen molar-refractivity contribution >= 4 is 23.2 Å². The van der Waals surface area contributed by atoms with Gasteiger partial charge in [0.05, 0.1) is 26.2 Å². The van der Waals surface area contributed by atoms with Crippen LogP contribution in [-0.2, 0) is 11.2 Å². The highest BCUT2D eigenvalue weighted by Crippen LogP contribution is 2.24. The molecule has 0 spiro atoms. The molecule has 1 saturated heterocycles. The van der Waals surface area contributed by atoms with Crippen molar-refractivity contribution in [2.24, 2.45) is 0 Å². The molecule has 1 aliphatic heterocycles. The second kappa shape index (κ2) is 9.39. The predicted octanol–water partition coefficient (Wildman–Crippen LogP) is 2.24. The Morgan fingerprint density at radius 1 is 1.21 bits per heavy atom. The Balaban J connectivity index is 1.46. The van der Waals surface area contributed by atoms with Crippen molar-refractivity contribution in [3.05, 3.63) is 64.4 Å². The van der Waals surface area contributed by atoms with Crippen molar-refractivity contribution in [1.29, 1.82) is 0 Å². The van der Waals surface area contributed by atoms with Gasteiger partial charge in [-0.3, -0.25) is 4.79 Å². The second-order valence-corrected chi connectivity index (χ2v) is 7.90. The van der Waals surface area contributed by atoms with E-state index in [9.17, 15) is 9.18 Å². The average Bonchev–Trinajstić information content (AvgIpc) is 2.71. The molecule has 4 nitrogen and oxygen atoms in total. The van der Waals surface area contributed by atoms with E-state index in [4.69, 9.17) is 11.6 Å². The van der Waals surface area contributed by atoms with E-state index in [0.29, 0.717) is 13.0 Å². The minimum atomic E-state index is -0.239. The number of anilines is 1. The summed E-state index contributed by atoms with van der Waals surface area (Å²) in [6, 6.07) is 12.3. The molecular weight excluding hydrogens is 377 g/mol. The Bertz CT molecular complexity index is 804. The van der Waals surface area contributed by atoms with Crippen LogP contribution in [0.1, 0.15) is 18.1 Å². The van der Waals surface area contributed by atoms with Gasteiger partial charge >= 0.3 is 0 Å². The molecule has 1 amide bonds. The third-order valence-electron chi connectivity index (χ3n) is 5.55. The quantitative estimate of drug-likeness (QED) is 0.774. The van der Waals surface area contributed by atoms with E-state index in [-0.39, 0.29) is 17.8 Å². The Morgan fingerprint density at radius 2 is 1.89 bits per heavy atom. The van der Waals surface area contributed by atoms with Crippen LogP contribution in [0.2, 0.25) is 5.02 Å². The van der Waals surface area contributed by atoms with Crippen molar-refractivity contribution < 1.29 is 14.1 Å². The molecule has 1 heterocycles. The number of amides is 1. The van der Waals surface area contributed by atoms with Gasteiger partial charge in [-0.05, 0) is 55.7 Å². The largest absolute Gasteiger partial charge is 0.360 e. The number of hydrogen-bond donors (Lipinski definition) is 2. The Labute approximate surface area is 171 Å². The summed E-state index contributed by atoms with van der Waals surface area (Å²) in [7, 11) is 0. The number of aryl methyl sites for hydroxylation is 1. The van der Waals surface area contributed by atoms with Gasteiger partial charge < -0.3 is 15.1 Å². The summed E-state index contributed by atoms with van der Waals surface area (Å²) < 4.78 is 12.9. The fraction of sp³-hybridized carbons (Fsp3) is 0.409. The molecule has 28 heavy (non-hydrogen) atoms. The lowest BCUT2D eigenvalue weighted by molar-refractivity contribution is -0.914. The highest BCUT2D eigenvalue weighted by atomic mass is 35.5. The maximum absolute atomic E-state index is 12.9. The SMILES string of the molecule is Cc1ccc(Cl)cc1N1CC[NH+]([C@H](C)C(=O)NCCc2ccc(F)cc2)CC1. The Morgan fingerprint density at radius 3 is 2.57 bits per heavy atom. The summed E-state index contributed by atoms with van der Waals surface area (Å²) in [6.07, 6.45) is 0.704. The summed E-state index contributed by atoms with van der Waals surface area (Å²) in [5.74, 6) is -0.165. The Hall–Kier alpha value is -2.11. The predicted molar refractivity (Wildman–Crippen MR) is 112 cm³/mol. The van der Waals surface area contributed by atoms with E-state index in [1.807, 2.05) is 25.1 Å². The van der Waals surface area contributed by atoms with Crippen LogP contribution in [0, 0.1) is 12.7 Å². The number of rotatable bonds is 6. The molecule has 0 aromatic heterocycles. The van der Waals surface area contributed by atoms with Crippen LogP contribution in [-0.4, -0.2) is 44.7 Å². The van der Waals surface area contributed by atoms with Crippen molar-refractivity contribution in [1.82, 2.24) is 5.32 Å². The normalized spacial score (nSPS) is 16.1. The molecule has 1 aliphatic rings. The van der Waals surface area contributed by atoms with Crippen LogP contribution in [0.25, 0.3) is 0 Å². The number of hydrogen-bond acceptors (Lipinski definition) is 2. The van der Waals surface area contributed by atoms with Gasteiger partial charge in [0.1, 0.15) is 5.82 Å². The fourth-order valence-corrected chi connectivity index (χ4v) is 3.88. The second-order valence-electron chi connectivity index (χ2n) is 7.47. The van der Waals surface area contributed by atoms with E-state index in [2.05, 4.69) is 17.1 Å². The Kier molecular flexibility index (Phi) is 6.92. The molecule has 2 aromatic carbocycles. The number of carbonyl (C=O) groups excluding carboxylic acids is 1. The zero-order chi connectivity index (χ0) is 20.1. The van der Waals surface area contributed by atoms with Crippen molar-refractivity contribution in [2.75, 3.05) is 37.6 Å². The summed E-state index contributed by atoms with van der Waals surface area (Å²) in [6.45, 7) is 8.30. The maximum atomic E-state index is 12.9. The lowest BCUT2D eigenvalue weighted by atomic mass is 10.1. The third-order valence-corrected chi connectivity index (χ3v) is 5.78. The molecule has 1 fully saturated rings. The molecule has 0 aliphatic carbocycles. The van der Waals surface area contributed by atoms with Gasteiger partial charge in [-0.2, -0.15) is 0 Å². The first kappa shape index (κ1) is 20.6. The summed E-state index contributed by atoms with van der Waals surface area (Å²) >= 11 is 6.15. The van der Waals surface area contributed by atoms with Crippen LogP contribution in [0.3, 0.4) is 0 Å². The smallest absolute Gasteiger partial charge is 0.278 e. The molecule has 0 bridgehead atoms. The summed E-state index contributed by atoms with van der Waals surface area (Å²) in [5.41, 5.74) is 3.43. The topological polar surface area (TPSA) is 36.8 Å². The van der Waals surface area contributed by atoms with Gasteiger partial charge in [-0.1, -0.05) is 29.8 Å². The molecule has 0 radical (unpaired) electrons. The number of nitrogens with one attached hydrogen (secondary N) is 2. The first-order valence-corrected chi connectivity index (χ1v) is 10.2. The zero-order valence-corrected chi connectivity index (χ0v) is 17.2. The molecule has 1 atom stereocenters. The number of halogens is 2. The minimum Gasteiger partial charge on any atom is -0.360 e. The van der Waals surface area contributed by atoms with Gasteiger partial charge in [0.15, 0.2) is 6.04 Å². The zero-order valence-electron chi connectivity index (χ0n) is 16.5. The summed E-state index contributed by atoms with van der Waals surface area (Å²) in [5, 5.41) is 3.77. The first-order chi connectivity index (χ1) is 13.4. The van der Waals surface area contributed by atoms with Gasteiger partial charge in [0.25, 0.3) is 5.91 Å². The van der Waals surface area contributed by atoms with Crippen LogP contribution in [0.5, 0.6) is 0 Å². The van der Waals surface area contributed by atoms with Crippen LogP contribution >= 0.6 is 11.6 Å². The molecule has 0 unspecified atom stereocenters. The first-order valence-electron chi connectivity index (χ1n) is 9.82. The number of quaternary nitrogens is 1. The standard InChI is InChI=1S/C22H27ClFN3O/c1-16-3-6-19(23)15-21(16)27-13-11-26(12-14-27)17(2)22(28)25-10-9-18-4-7-20(24)8-5-18/h3-8,15,17H,9-14H2,1-2H3,(H,25,28)/p+1/t17-/m1/s1. The third kappa shape index (κ3) is 5.24. The molecule has 0 saturated carbocycles. The van der Waals surface area contributed by atoms with Crippen LogP contribution in [0.4, 0.5) is 10.1 Å². The number of nitrogens with zero attached hydrogens (tertiary/aromatic N) is 1. The van der Waals surface area contributed by atoms with Crippen molar-refractivity contribution in [3.63, 3.8) is 0 Å². The van der Waals surface area contributed by atoms with E-state index >= 15 is 0 Å². The van der Waals surface area contributed by atoms with Gasteiger partial charge in [-0.25, -0.2) is 4.39 Å². The minimum absolute atomic E-state index is 0.0736. The molecule has 2 aromatic rings. The van der Waals surface area contributed by atoms with Crippen LogP contribution in [0.15, 0.2) is 42.5 Å².